The lowest BCUT2D eigenvalue weighted by molar-refractivity contribution is -0.557. The number of hydrazine groups is 1. The van der Waals surface area contributed by atoms with Gasteiger partial charge >= 0.3 is 5.97 Å². The quantitative estimate of drug-likeness (QED) is 0.439. The van der Waals surface area contributed by atoms with E-state index in [4.69, 9.17) is 4.74 Å². The smallest absolute Gasteiger partial charge is 0.302 e. The van der Waals surface area contributed by atoms with Crippen molar-refractivity contribution in [3.8, 4) is 0 Å². The normalized spacial score (nSPS) is 50.1. The van der Waals surface area contributed by atoms with Gasteiger partial charge in [-0.25, -0.2) is 14.5 Å². The van der Waals surface area contributed by atoms with Crippen LogP contribution in [-0.4, -0.2) is 28.8 Å². The molecule has 0 aromatic carbocycles. The number of halogens is 1. The molecule has 4 saturated carbocycles. The first-order chi connectivity index (χ1) is 13.1. The molecule has 158 valence electrons. The van der Waals surface area contributed by atoms with Crippen molar-refractivity contribution in [3.05, 3.63) is 10.1 Å². The van der Waals surface area contributed by atoms with E-state index in [2.05, 4.69) is 19.3 Å². The van der Waals surface area contributed by atoms with Crippen molar-refractivity contribution in [2.24, 2.45) is 28.6 Å². The molecule has 0 heterocycles. The third-order valence-electron chi connectivity index (χ3n) is 9.27. The summed E-state index contributed by atoms with van der Waals surface area (Å²) in [6.07, 6.45) is 7.08. The van der Waals surface area contributed by atoms with Crippen LogP contribution in [0, 0.1) is 38.7 Å². The molecule has 0 amide bonds. The summed E-state index contributed by atoms with van der Waals surface area (Å²) in [6.45, 7) is 5.79. The summed E-state index contributed by atoms with van der Waals surface area (Å²) in [6, 6.07) is -0.701. The number of hydrogen-bond donors (Lipinski definition) is 1. The van der Waals surface area contributed by atoms with Gasteiger partial charge in [0.15, 0.2) is 5.03 Å². The Kier molecular flexibility index (Phi) is 4.66. The van der Waals surface area contributed by atoms with Crippen molar-refractivity contribution in [1.29, 1.82) is 0 Å². The molecule has 0 aromatic heterocycles. The zero-order valence-electron chi connectivity index (χ0n) is 17.2. The minimum absolute atomic E-state index is 0.0212. The van der Waals surface area contributed by atoms with Crippen LogP contribution < -0.4 is 5.43 Å². The molecule has 7 heteroatoms. The van der Waals surface area contributed by atoms with E-state index in [9.17, 15) is 14.9 Å². The average molecular weight is 397 g/mol. The minimum Gasteiger partial charge on any atom is -0.462 e. The number of nitro groups is 1. The molecule has 0 radical (unpaired) electrons. The molecule has 4 aliphatic rings. The lowest BCUT2D eigenvalue weighted by Crippen LogP contribution is -2.67. The largest absolute Gasteiger partial charge is 0.462 e. The van der Waals surface area contributed by atoms with Crippen molar-refractivity contribution in [2.45, 2.75) is 96.4 Å². The number of hydrogen-bond acceptors (Lipinski definition) is 4. The average Bonchev–Trinajstić information content (AvgIpc) is 2.92. The van der Waals surface area contributed by atoms with Gasteiger partial charge < -0.3 is 4.74 Å². The summed E-state index contributed by atoms with van der Waals surface area (Å²) >= 11 is 0. The number of ether oxygens (including phenoxy) is 1. The molecule has 0 aliphatic heterocycles. The summed E-state index contributed by atoms with van der Waals surface area (Å²) in [4.78, 5) is 22.6. The first kappa shape index (κ1) is 19.9. The Balaban J connectivity index is 1.61. The predicted molar refractivity (Wildman–Crippen MR) is 102 cm³/mol. The highest BCUT2D eigenvalue weighted by Gasteiger charge is 2.68. The fourth-order valence-electron chi connectivity index (χ4n) is 7.96. The Bertz CT molecular complexity index is 675. The highest BCUT2D eigenvalue weighted by Crippen LogP contribution is 2.68. The Morgan fingerprint density at radius 1 is 1.11 bits per heavy atom. The van der Waals surface area contributed by atoms with Crippen molar-refractivity contribution in [1.82, 2.24) is 5.43 Å². The van der Waals surface area contributed by atoms with Crippen LogP contribution in [0.15, 0.2) is 0 Å². The zero-order chi connectivity index (χ0) is 20.3. The van der Waals surface area contributed by atoms with Crippen LogP contribution in [0.2, 0.25) is 0 Å². The molecule has 6 nitrogen and oxygen atoms in total. The van der Waals surface area contributed by atoms with Gasteiger partial charge in [-0.1, -0.05) is 20.3 Å². The Morgan fingerprint density at radius 2 is 1.86 bits per heavy atom. The number of fused-ring (bicyclic) bond motifs is 5. The monoisotopic (exact) mass is 396 g/mol. The summed E-state index contributed by atoms with van der Waals surface area (Å²) in [5.74, 6) is 0.897. The number of carbonyl (C=O) groups excluding carboxylic acids is 1. The van der Waals surface area contributed by atoms with Gasteiger partial charge in [0.1, 0.15) is 17.8 Å². The fourth-order valence-corrected chi connectivity index (χ4v) is 7.96. The molecule has 4 fully saturated rings. The maximum absolute atomic E-state index is 16.4. The molecular weight excluding hydrogens is 363 g/mol. The fraction of sp³-hybridized carbons (Fsp3) is 0.952. The van der Waals surface area contributed by atoms with E-state index in [1.165, 1.54) is 6.92 Å². The third kappa shape index (κ3) is 2.67. The highest BCUT2D eigenvalue weighted by molar-refractivity contribution is 5.66. The number of nitrogens with zero attached hydrogens (tertiary/aromatic N) is 1. The van der Waals surface area contributed by atoms with E-state index in [1.54, 1.807) is 0 Å². The van der Waals surface area contributed by atoms with E-state index in [1.807, 2.05) is 0 Å². The number of carbonyl (C=O) groups is 1. The Labute approximate surface area is 166 Å². The molecule has 1 N–H and O–H groups in total. The first-order valence-corrected chi connectivity index (χ1v) is 10.9. The van der Waals surface area contributed by atoms with E-state index in [-0.39, 0.29) is 23.4 Å². The van der Waals surface area contributed by atoms with E-state index in [0.717, 1.165) is 44.9 Å². The van der Waals surface area contributed by atoms with Crippen LogP contribution in [0.1, 0.15) is 78.6 Å². The first-order valence-electron chi connectivity index (χ1n) is 10.9. The van der Waals surface area contributed by atoms with Gasteiger partial charge in [0.05, 0.1) is 0 Å². The Hall–Kier alpha value is -1.40. The number of esters is 1. The highest BCUT2D eigenvalue weighted by atomic mass is 19.1. The maximum atomic E-state index is 16.4. The van der Waals surface area contributed by atoms with Crippen LogP contribution in [0.3, 0.4) is 0 Å². The topological polar surface area (TPSA) is 81.5 Å². The lowest BCUT2D eigenvalue weighted by atomic mass is 9.43. The molecule has 0 bridgehead atoms. The zero-order valence-corrected chi connectivity index (χ0v) is 17.2. The molecular formula is C21H33FN2O4. The Morgan fingerprint density at radius 3 is 2.54 bits per heavy atom. The van der Waals surface area contributed by atoms with Crippen molar-refractivity contribution in [3.63, 3.8) is 0 Å². The second-order valence-corrected chi connectivity index (χ2v) is 10.2. The van der Waals surface area contributed by atoms with Crippen molar-refractivity contribution in [2.75, 3.05) is 0 Å². The van der Waals surface area contributed by atoms with Crippen LogP contribution in [-0.2, 0) is 9.53 Å². The summed E-state index contributed by atoms with van der Waals surface area (Å²) in [5.41, 5.74) is 0.241. The van der Waals surface area contributed by atoms with E-state index >= 15 is 4.39 Å². The number of rotatable bonds is 3. The van der Waals surface area contributed by atoms with Crippen LogP contribution in [0.25, 0.3) is 0 Å². The van der Waals surface area contributed by atoms with Gasteiger partial charge in [0.25, 0.3) is 0 Å². The molecule has 0 saturated heterocycles. The lowest BCUT2D eigenvalue weighted by Gasteiger charge is -2.63. The number of nitrogens with one attached hydrogen (secondary N) is 1. The molecule has 4 rings (SSSR count). The number of alkyl halides is 1. The van der Waals surface area contributed by atoms with Gasteiger partial charge in [-0.2, -0.15) is 0 Å². The van der Waals surface area contributed by atoms with Crippen LogP contribution in [0.4, 0.5) is 4.39 Å². The molecule has 0 aromatic rings. The van der Waals surface area contributed by atoms with E-state index in [0.29, 0.717) is 24.7 Å². The second kappa shape index (κ2) is 6.56. The molecule has 28 heavy (non-hydrogen) atoms. The van der Waals surface area contributed by atoms with Gasteiger partial charge in [0, 0.05) is 17.8 Å². The van der Waals surface area contributed by atoms with Gasteiger partial charge in [-0.15, -0.1) is 5.43 Å². The molecule has 0 spiro atoms. The van der Waals surface area contributed by atoms with Gasteiger partial charge in [-0.3, -0.25) is 4.79 Å². The predicted octanol–water partition coefficient (Wildman–Crippen LogP) is 4.20. The third-order valence-corrected chi connectivity index (χ3v) is 9.27. The molecule has 4 aliphatic carbocycles. The summed E-state index contributed by atoms with van der Waals surface area (Å²) in [5, 5.41) is 10.5. The van der Waals surface area contributed by atoms with Crippen molar-refractivity contribution >= 4 is 5.97 Å². The second-order valence-electron chi connectivity index (χ2n) is 10.2. The maximum Gasteiger partial charge on any atom is 0.302 e. The van der Waals surface area contributed by atoms with Gasteiger partial charge in [0.2, 0.25) is 0 Å². The van der Waals surface area contributed by atoms with Crippen LogP contribution >= 0.6 is 0 Å². The van der Waals surface area contributed by atoms with E-state index < -0.39 is 22.2 Å². The minimum atomic E-state index is -1.53. The molecule has 8 atom stereocenters. The van der Waals surface area contributed by atoms with Crippen molar-refractivity contribution < 1.29 is 19.0 Å². The molecule has 0 unspecified atom stereocenters. The van der Waals surface area contributed by atoms with Gasteiger partial charge in [-0.05, 0) is 69.1 Å². The van der Waals surface area contributed by atoms with Crippen LogP contribution in [0.5, 0.6) is 0 Å². The SMILES string of the molecule is CC(=O)O[C@H]1CC[C@H]2[C@@H]3CC[C@@]4(F)[C@@H](N[N+](=O)[O-])CCC[C@]4(C)[C@H]3CC[C@]12C. The standard InChI is InChI=1S/C21H33FN2O4/c1-13(25)28-18-7-6-15-14-8-12-21(22)17(23-24(26)27)5-4-10-20(21,3)16(14)9-11-19(15,18)2/h14-18,23H,4-12H2,1-3H3/t14-,15-,16-,17-,18-,19-,20+,21+/m0/s1. The summed E-state index contributed by atoms with van der Waals surface area (Å²) in [7, 11) is 0. The summed E-state index contributed by atoms with van der Waals surface area (Å²) < 4.78 is 22.1.